The lowest BCUT2D eigenvalue weighted by Crippen LogP contribution is -2.35. The van der Waals surface area contributed by atoms with Gasteiger partial charge in [-0.15, -0.1) is 0 Å². The summed E-state index contributed by atoms with van der Waals surface area (Å²) < 4.78 is 1.68. The number of hydrogen-bond acceptors (Lipinski definition) is 5. The number of aryl methyl sites for hydroxylation is 2. The average molecular weight is 349 g/mol. The number of amides is 1. The first kappa shape index (κ1) is 18.3. The van der Waals surface area contributed by atoms with Crippen LogP contribution in [0.1, 0.15) is 36.6 Å². The Kier molecular flexibility index (Phi) is 6.19. The van der Waals surface area contributed by atoms with Gasteiger partial charge in [0.05, 0.1) is 17.8 Å². The quantitative estimate of drug-likeness (QED) is 0.731. The van der Waals surface area contributed by atoms with E-state index in [4.69, 9.17) is 22.1 Å². The molecule has 1 saturated heterocycles. The molecule has 128 valence electrons. The molecule has 8 heteroatoms. The fourth-order valence-corrected chi connectivity index (χ4v) is 3.55. The first-order valence-corrected chi connectivity index (χ1v) is 8.32. The predicted octanol–water partition coefficient (Wildman–Crippen LogP) is 1.78. The number of hydrogen-bond donors (Lipinski definition) is 0. The van der Waals surface area contributed by atoms with Crippen molar-refractivity contribution >= 4 is 17.5 Å². The molecule has 0 saturated carbocycles. The zero-order valence-corrected chi connectivity index (χ0v) is 14.8. The molecular formula is C16H21ClN6O. The smallest absolute Gasteiger partial charge is 0.225 e. The van der Waals surface area contributed by atoms with Crippen molar-refractivity contribution < 1.29 is 4.79 Å². The molecule has 7 nitrogen and oxygen atoms in total. The van der Waals surface area contributed by atoms with Crippen LogP contribution in [0.3, 0.4) is 0 Å². The van der Waals surface area contributed by atoms with E-state index in [1.165, 1.54) is 4.90 Å². The van der Waals surface area contributed by atoms with Crippen LogP contribution >= 0.6 is 11.6 Å². The lowest BCUT2D eigenvalue weighted by Gasteiger charge is -2.25. The highest BCUT2D eigenvalue weighted by atomic mass is 35.5. The second-order valence-corrected chi connectivity index (χ2v) is 6.28. The van der Waals surface area contributed by atoms with E-state index < -0.39 is 0 Å². The number of carbonyl (C=O) groups is 1. The Morgan fingerprint density at radius 1 is 1.42 bits per heavy atom. The highest BCUT2D eigenvalue weighted by molar-refractivity contribution is 6.30. The van der Waals surface area contributed by atoms with Crippen molar-refractivity contribution in [3.8, 4) is 12.1 Å². The van der Waals surface area contributed by atoms with Gasteiger partial charge in [0.25, 0.3) is 0 Å². The number of likely N-dealkylation sites (tertiary alicyclic amines) is 1. The summed E-state index contributed by atoms with van der Waals surface area (Å²) in [6.07, 6.45) is 2.32. The van der Waals surface area contributed by atoms with Crippen LogP contribution in [0.25, 0.3) is 0 Å². The molecule has 1 aliphatic rings. The molecule has 0 bridgehead atoms. The van der Waals surface area contributed by atoms with Gasteiger partial charge in [-0.1, -0.05) is 11.6 Å². The fourth-order valence-electron chi connectivity index (χ4n) is 3.25. The second-order valence-electron chi connectivity index (χ2n) is 5.92. The third kappa shape index (κ3) is 3.87. The van der Waals surface area contributed by atoms with Crippen LogP contribution in [0.2, 0.25) is 5.15 Å². The Bertz CT molecular complexity index is 670. The van der Waals surface area contributed by atoms with Crippen LogP contribution in [0, 0.1) is 29.6 Å². The summed E-state index contributed by atoms with van der Waals surface area (Å²) in [7, 11) is 1.82. The van der Waals surface area contributed by atoms with Crippen LogP contribution < -0.4 is 0 Å². The third-order valence-corrected chi connectivity index (χ3v) is 4.83. The summed E-state index contributed by atoms with van der Waals surface area (Å²) in [6, 6.07) is 4.02. The molecule has 1 fully saturated rings. The SMILES string of the molecule is Cc1nn(C)c(Cl)c1[C@H]1CCCN1CCC(=O)N(CC#N)CC#N. The van der Waals surface area contributed by atoms with E-state index in [0.717, 1.165) is 30.6 Å². The molecular weight excluding hydrogens is 328 g/mol. The van der Waals surface area contributed by atoms with Crippen molar-refractivity contribution in [1.29, 1.82) is 10.5 Å². The van der Waals surface area contributed by atoms with Gasteiger partial charge in [-0.05, 0) is 26.3 Å². The molecule has 0 radical (unpaired) electrons. The van der Waals surface area contributed by atoms with E-state index in [1.54, 1.807) is 4.68 Å². The Labute approximate surface area is 147 Å². The van der Waals surface area contributed by atoms with Crippen LogP contribution in [-0.4, -0.2) is 51.7 Å². The monoisotopic (exact) mass is 348 g/mol. The molecule has 0 aromatic carbocycles. The van der Waals surface area contributed by atoms with E-state index in [-0.39, 0.29) is 31.5 Å². The van der Waals surface area contributed by atoms with Gasteiger partial charge in [-0.2, -0.15) is 15.6 Å². The van der Waals surface area contributed by atoms with Crippen molar-refractivity contribution in [3.05, 3.63) is 16.4 Å². The Morgan fingerprint density at radius 3 is 2.62 bits per heavy atom. The van der Waals surface area contributed by atoms with Crippen molar-refractivity contribution in [2.75, 3.05) is 26.2 Å². The highest BCUT2D eigenvalue weighted by Crippen LogP contribution is 2.37. The predicted molar refractivity (Wildman–Crippen MR) is 88.9 cm³/mol. The van der Waals surface area contributed by atoms with E-state index in [9.17, 15) is 4.79 Å². The molecule has 1 amide bonds. The largest absolute Gasteiger partial charge is 0.316 e. The highest BCUT2D eigenvalue weighted by Gasteiger charge is 2.31. The Morgan fingerprint density at radius 2 is 2.08 bits per heavy atom. The summed E-state index contributed by atoms with van der Waals surface area (Å²) >= 11 is 6.38. The van der Waals surface area contributed by atoms with Gasteiger partial charge in [0, 0.05) is 31.6 Å². The van der Waals surface area contributed by atoms with E-state index in [0.29, 0.717) is 11.7 Å². The standard InChI is InChI=1S/C16H21ClN6O/c1-12-15(16(17)21(2)20-12)13-4-3-8-22(13)9-5-14(24)23(10-6-18)11-7-19/h13H,3-5,8-11H2,1-2H3/t13-/m1/s1. The first-order valence-electron chi connectivity index (χ1n) is 7.94. The van der Waals surface area contributed by atoms with Gasteiger partial charge in [-0.25, -0.2) is 0 Å². The van der Waals surface area contributed by atoms with E-state index in [1.807, 2.05) is 26.1 Å². The van der Waals surface area contributed by atoms with Crippen LogP contribution in [-0.2, 0) is 11.8 Å². The topological polar surface area (TPSA) is 88.9 Å². The minimum atomic E-state index is -0.169. The molecule has 2 rings (SSSR count). The van der Waals surface area contributed by atoms with Gasteiger partial charge < -0.3 is 4.90 Å². The summed E-state index contributed by atoms with van der Waals surface area (Å²) in [5.41, 5.74) is 1.95. The molecule has 1 aliphatic heterocycles. The van der Waals surface area contributed by atoms with Crippen molar-refractivity contribution in [2.45, 2.75) is 32.2 Å². The minimum Gasteiger partial charge on any atom is -0.316 e. The van der Waals surface area contributed by atoms with E-state index >= 15 is 0 Å². The van der Waals surface area contributed by atoms with Crippen LogP contribution in [0.5, 0.6) is 0 Å². The number of rotatable bonds is 6. The Hall–Kier alpha value is -2.09. The maximum atomic E-state index is 12.2. The van der Waals surface area contributed by atoms with Crippen molar-refractivity contribution in [1.82, 2.24) is 19.6 Å². The first-order chi connectivity index (χ1) is 11.5. The van der Waals surface area contributed by atoms with Crippen LogP contribution in [0.4, 0.5) is 0 Å². The molecule has 0 spiro atoms. The Balaban J connectivity index is 2.03. The van der Waals surface area contributed by atoms with Crippen LogP contribution in [0.15, 0.2) is 0 Å². The summed E-state index contributed by atoms with van der Waals surface area (Å²) in [6.45, 7) is 3.33. The van der Waals surface area contributed by atoms with Gasteiger partial charge >= 0.3 is 0 Å². The summed E-state index contributed by atoms with van der Waals surface area (Å²) in [4.78, 5) is 15.7. The van der Waals surface area contributed by atoms with Crippen molar-refractivity contribution in [3.63, 3.8) is 0 Å². The number of nitrogens with zero attached hydrogens (tertiary/aromatic N) is 6. The number of halogens is 1. The molecule has 1 aromatic heterocycles. The second kappa shape index (κ2) is 8.14. The zero-order valence-electron chi connectivity index (χ0n) is 14.0. The molecule has 2 heterocycles. The third-order valence-electron chi connectivity index (χ3n) is 4.38. The number of carbonyl (C=O) groups excluding carboxylic acids is 1. The maximum absolute atomic E-state index is 12.2. The summed E-state index contributed by atoms with van der Waals surface area (Å²) in [5, 5.41) is 22.5. The van der Waals surface area contributed by atoms with Crippen molar-refractivity contribution in [2.24, 2.45) is 7.05 Å². The van der Waals surface area contributed by atoms with Gasteiger partial charge in [0.1, 0.15) is 18.2 Å². The van der Waals surface area contributed by atoms with Gasteiger partial charge in [0.15, 0.2) is 0 Å². The lowest BCUT2D eigenvalue weighted by molar-refractivity contribution is -0.130. The molecule has 0 unspecified atom stereocenters. The lowest BCUT2D eigenvalue weighted by atomic mass is 10.1. The average Bonchev–Trinajstić information content (AvgIpc) is 3.09. The number of nitriles is 2. The molecule has 0 aliphatic carbocycles. The molecule has 1 aromatic rings. The minimum absolute atomic E-state index is 0.0522. The molecule has 1 atom stereocenters. The fraction of sp³-hybridized carbons (Fsp3) is 0.625. The molecule has 0 N–H and O–H groups in total. The molecule has 24 heavy (non-hydrogen) atoms. The summed E-state index contributed by atoms with van der Waals surface area (Å²) in [5.74, 6) is -0.169. The zero-order chi connectivity index (χ0) is 17.7. The van der Waals surface area contributed by atoms with Gasteiger partial charge in [-0.3, -0.25) is 14.4 Å². The normalized spacial score (nSPS) is 17.5. The van der Waals surface area contributed by atoms with E-state index in [2.05, 4.69) is 10.00 Å². The maximum Gasteiger partial charge on any atom is 0.225 e. The number of aromatic nitrogens is 2. The van der Waals surface area contributed by atoms with Gasteiger partial charge in [0.2, 0.25) is 5.91 Å².